The second-order valence-corrected chi connectivity index (χ2v) is 9.86. The summed E-state index contributed by atoms with van der Waals surface area (Å²) in [6, 6.07) is 15.7. The Labute approximate surface area is 193 Å². The van der Waals surface area contributed by atoms with Crippen LogP contribution in [-0.4, -0.2) is 46.0 Å². The Hall–Kier alpha value is -2.56. The van der Waals surface area contributed by atoms with Gasteiger partial charge in [-0.1, -0.05) is 53.6 Å². The predicted octanol–water partition coefficient (Wildman–Crippen LogP) is 2.99. The fourth-order valence-corrected chi connectivity index (χ4v) is 4.56. The zero-order valence-electron chi connectivity index (χ0n) is 18.7. The molecule has 2 aliphatic heterocycles. The zero-order chi connectivity index (χ0) is 23.6. The molecule has 2 fully saturated rings. The van der Waals surface area contributed by atoms with Crippen LogP contribution in [0.25, 0.3) is 0 Å². The minimum atomic E-state index is -3.99. The van der Waals surface area contributed by atoms with Gasteiger partial charge < -0.3 is 19.5 Å². The quantitative estimate of drug-likeness (QED) is 0.375. The van der Waals surface area contributed by atoms with Gasteiger partial charge in [-0.2, -0.15) is 8.42 Å². The molecule has 2 aliphatic rings. The molecule has 176 valence electrons. The lowest BCUT2D eigenvalue weighted by atomic mass is 10.0. The third-order valence-electron chi connectivity index (χ3n) is 5.51. The Morgan fingerprint density at radius 3 is 2.42 bits per heavy atom. The molecule has 0 spiro atoms. The Morgan fingerprint density at radius 2 is 1.79 bits per heavy atom. The smallest absolute Gasteiger partial charge is 0.297 e. The molecule has 1 N–H and O–H groups in total. The summed E-state index contributed by atoms with van der Waals surface area (Å²) in [6.45, 7) is 5.41. The van der Waals surface area contributed by atoms with Crippen molar-refractivity contribution < 1.29 is 31.6 Å². The van der Waals surface area contributed by atoms with E-state index in [0.717, 1.165) is 16.7 Å². The molecule has 33 heavy (non-hydrogen) atoms. The van der Waals surface area contributed by atoms with Crippen molar-refractivity contribution in [2.24, 2.45) is 0 Å². The van der Waals surface area contributed by atoms with Gasteiger partial charge in [-0.3, -0.25) is 8.98 Å². The topological polar surface area (TPSA) is 100 Å². The normalized spacial score (nSPS) is 25.3. The molecule has 0 aliphatic carbocycles. The van der Waals surface area contributed by atoms with Gasteiger partial charge in [0.25, 0.3) is 16.0 Å². The third-order valence-corrected chi connectivity index (χ3v) is 6.81. The van der Waals surface area contributed by atoms with E-state index in [1.807, 2.05) is 51.1 Å². The number of benzene rings is 2. The molecule has 1 amide bonds. The molecule has 2 aromatic carbocycles. The minimum absolute atomic E-state index is 0.0651. The first kappa shape index (κ1) is 23.6. The Morgan fingerprint density at radius 1 is 1.09 bits per heavy atom. The standard InChI is InChI=1S/C24H27NO7S/c1-15(2)21-22(26)25-23(21)31-19-13-29-24(17-7-5-4-6-8-17)32-20(19)14-30-33(27,28)18-11-9-16(3)10-12-18/h4-12,19-20,23-24H,13-14H2,1-3H3,(H,25,26)/t19-,20+,23+,24-/m1/s1. The molecule has 0 aromatic heterocycles. The first-order chi connectivity index (χ1) is 15.7. The van der Waals surface area contributed by atoms with Crippen LogP contribution in [0.15, 0.2) is 70.6 Å². The molecule has 0 saturated carbocycles. The van der Waals surface area contributed by atoms with Crippen molar-refractivity contribution in [1.82, 2.24) is 5.32 Å². The Kier molecular flexibility index (Phi) is 6.96. The number of carbonyl (C=O) groups is 1. The van der Waals surface area contributed by atoms with Gasteiger partial charge in [0.15, 0.2) is 12.5 Å². The van der Waals surface area contributed by atoms with E-state index in [-0.39, 0.29) is 24.0 Å². The minimum Gasteiger partial charge on any atom is -0.346 e. The van der Waals surface area contributed by atoms with Crippen LogP contribution in [0.3, 0.4) is 0 Å². The van der Waals surface area contributed by atoms with Crippen molar-refractivity contribution in [3.8, 4) is 0 Å². The summed E-state index contributed by atoms with van der Waals surface area (Å²) < 4.78 is 48.7. The van der Waals surface area contributed by atoms with Crippen LogP contribution >= 0.6 is 0 Å². The summed E-state index contributed by atoms with van der Waals surface area (Å²) in [5.74, 6) is -0.186. The highest BCUT2D eigenvalue weighted by atomic mass is 32.2. The van der Waals surface area contributed by atoms with Crippen molar-refractivity contribution in [3.05, 3.63) is 76.9 Å². The van der Waals surface area contributed by atoms with Gasteiger partial charge in [-0.05, 0) is 32.9 Å². The van der Waals surface area contributed by atoms with Crippen molar-refractivity contribution in [3.63, 3.8) is 0 Å². The van der Waals surface area contributed by atoms with Gasteiger partial charge in [0.2, 0.25) is 0 Å². The van der Waals surface area contributed by atoms with E-state index < -0.39 is 34.8 Å². The third kappa shape index (κ3) is 5.34. The van der Waals surface area contributed by atoms with E-state index in [0.29, 0.717) is 5.57 Å². The number of allylic oxidation sites excluding steroid dienone is 1. The summed E-state index contributed by atoms with van der Waals surface area (Å²) >= 11 is 0. The maximum absolute atomic E-state index is 12.7. The SMILES string of the molecule is CC(C)=C1C(=O)N[C@H]1O[C@@H]1CO[C@@H](c2ccccc2)O[C@H]1COS(=O)(=O)c1ccc(C)cc1. The van der Waals surface area contributed by atoms with Crippen molar-refractivity contribution in [1.29, 1.82) is 0 Å². The fourth-order valence-electron chi connectivity index (χ4n) is 3.64. The number of aryl methyl sites for hydroxylation is 1. The van der Waals surface area contributed by atoms with Crippen LogP contribution in [-0.2, 0) is 33.3 Å². The molecule has 0 unspecified atom stereocenters. The predicted molar refractivity (Wildman–Crippen MR) is 120 cm³/mol. The van der Waals surface area contributed by atoms with E-state index >= 15 is 0 Å². The number of carbonyl (C=O) groups excluding carboxylic acids is 1. The highest BCUT2D eigenvalue weighted by Gasteiger charge is 2.41. The fraction of sp³-hybridized carbons (Fsp3) is 0.375. The lowest BCUT2D eigenvalue weighted by Gasteiger charge is -2.40. The number of β-lactam (4-membered cyclic amide) rings is 1. The van der Waals surface area contributed by atoms with Crippen LogP contribution in [0.4, 0.5) is 0 Å². The lowest BCUT2D eigenvalue weighted by molar-refractivity contribution is -0.277. The number of rotatable bonds is 7. The lowest BCUT2D eigenvalue weighted by Crippen LogP contribution is -2.58. The van der Waals surface area contributed by atoms with Crippen molar-refractivity contribution in [2.75, 3.05) is 13.2 Å². The Balaban J connectivity index is 1.50. The molecule has 4 rings (SSSR count). The average Bonchev–Trinajstić information content (AvgIpc) is 2.78. The largest absolute Gasteiger partial charge is 0.346 e. The van der Waals surface area contributed by atoms with Crippen LogP contribution in [0.5, 0.6) is 0 Å². The van der Waals surface area contributed by atoms with E-state index in [1.165, 1.54) is 12.1 Å². The molecule has 2 heterocycles. The number of ether oxygens (including phenoxy) is 3. The Bertz CT molecular complexity index is 1130. The van der Waals surface area contributed by atoms with Gasteiger partial charge in [0.1, 0.15) is 12.2 Å². The molecule has 4 atom stereocenters. The van der Waals surface area contributed by atoms with Crippen molar-refractivity contribution in [2.45, 2.75) is 50.4 Å². The highest BCUT2D eigenvalue weighted by molar-refractivity contribution is 7.86. The van der Waals surface area contributed by atoms with E-state index in [1.54, 1.807) is 12.1 Å². The summed E-state index contributed by atoms with van der Waals surface area (Å²) in [4.78, 5) is 11.9. The molecular formula is C24H27NO7S. The zero-order valence-corrected chi connectivity index (χ0v) is 19.5. The summed E-state index contributed by atoms with van der Waals surface area (Å²) in [5.41, 5.74) is 3.13. The van der Waals surface area contributed by atoms with E-state index in [4.69, 9.17) is 18.4 Å². The maximum atomic E-state index is 12.7. The molecule has 2 saturated heterocycles. The van der Waals surface area contributed by atoms with E-state index in [9.17, 15) is 13.2 Å². The van der Waals surface area contributed by atoms with Crippen LogP contribution in [0.2, 0.25) is 0 Å². The van der Waals surface area contributed by atoms with Gasteiger partial charge in [0.05, 0.1) is 23.7 Å². The molecule has 2 aromatic rings. The van der Waals surface area contributed by atoms with Gasteiger partial charge in [0, 0.05) is 5.56 Å². The number of hydrogen-bond donors (Lipinski definition) is 1. The van der Waals surface area contributed by atoms with E-state index in [2.05, 4.69) is 5.32 Å². The average molecular weight is 474 g/mol. The van der Waals surface area contributed by atoms with Gasteiger partial charge in [-0.15, -0.1) is 0 Å². The number of amides is 1. The maximum Gasteiger partial charge on any atom is 0.297 e. The first-order valence-corrected chi connectivity index (χ1v) is 12.1. The van der Waals surface area contributed by atoms with Crippen LogP contribution in [0, 0.1) is 6.92 Å². The summed E-state index contributed by atoms with van der Waals surface area (Å²) in [6.07, 6.45) is -2.71. The molecular weight excluding hydrogens is 446 g/mol. The first-order valence-electron chi connectivity index (χ1n) is 10.7. The van der Waals surface area contributed by atoms with Gasteiger partial charge >= 0.3 is 0 Å². The van der Waals surface area contributed by atoms with Crippen LogP contribution < -0.4 is 5.32 Å². The summed E-state index contributed by atoms with van der Waals surface area (Å²) in [7, 11) is -3.99. The van der Waals surface area contributed by atoms with Crippen LogP contribution in [0.1, 0.15) is 31.3 Å². The highest BCUT2D eigenvalue weighted by Crippen LogP contribution is 2.31. The number of nitrogens with one attached hydrogen (secondary N) is 1. The van der Waals surface area contributed by atoms with Crippen molar-refractivity contribution >= 4 is 16.0 Å². The summed E-state index contributed by atoms with van der Waals surface area (Å²) in [5, 5.41) is 2.70. The van der Waals surface area contributed by atoms with Gasteiger partial charge in [-0.25, -0.2) is 0 Å². The molecule has 0 radical (unpaired) electrons. The molecule has 9 heteroatoms. The second kappa shape index (κ2) is 9.74. The monoisotopic (exact) mass is 473 g/mol. The second-order valence-electron chi connectivity index (χ2n) is 8.24. The molecule has 0 bridgehead atoms. The number of hydrogen-bond acceptors (Lipinski definition) is 7. The molecule has 8 nitrogen and oxygen atoms in total.